The molecular formula is C22H27NO3. The topological polar surface area (TPSA) is 58.9 Å². The summed E-state index contributed by atoms with van der Waals surface area (Å²) >= 11 is 0. The smallest absolute Gasteiger partial charge is 0.335 e. The lowest BCUT2D eigenvalue weighted by Gasteiger charge is -2.06. The molecule has 0 bridgehead atoms. The number of carbonyl (C=O) groups is 1. The molecule has 0 spiro atoms. The Hall–Kier alpha value is -2.62. The molecule has 0 fully saturated rings. The highest BCUT2D eigenvalue weighted by molar-refractivity contribution is 5.89. The van der Waals surface area contributed by atoms with Crippen molar-refractivity contribution in [1.82, 2.24) is 0 Å². The molecule has 2 aromatic rings. The molecule has 0 heterocycles. The fourth-order valence-corrected chi connectivity index (χ4v) is 2.56. The van der Waals surface area contributed by atoms with E-state index in [1.165, 1.54) is 32.1 Å². The first-order valence-electron chi connectivity index (χ1n) is 9.29. The monoisotopic (exact) mass is 353 g/mol. The molecule has 2 aromatic carbocycles. The van der Waals surface area contributed by atoms with Crippen molar-refractivity contribution < 1.29 is 14.6 Å². The highest BCUT2D eigenvalue weighted by atomic mass is 16.5. The molecule has 1 N–H and O–H groups in total. The van der Waals surface area contributed by atoms with E-state index >= 15 is 0 Å². The molecule has 2 rings (SSSR count). The first-order chi connectivity index (χ1) is 12.7. The fraction of sp³-hybridized carbons (Fsp3) is 0.364. The number of nitrogens with zero attached hydrogens (tertiary/aromatic N) is 1. The molecule has 0 aromatic heterocycles. The van der Waals surface area contributed by atoms with Gasteiger partial charge in [-0.2, -0.15) is 0 Å². The molecule has 0 aliphatic heterocycles. The van der Waals surface area contributed by atoms with E-state index in [0.29, 0.717) is 0 Å². The van der Waals surface area contributed by atoms with Crippen LogP contribution in [-0.2, 0) is 0 Å². The average molecular weight is 353 g/mol. The van der Waals surface area contributed by atoms with Crippen molar-refractivity contribution in [3.05, 3.63) is 59.7 Å². The number of aliphatic imine (C=N–C) groups is 1. The summed E-state index contributed by atoms with van der Waals surface area (Å²) in [6, 6.07) is 14.3. The van der Waals surface area contributed by atoms with Crippen LogP contribution in [0.1, 0.15) is 61.4 Å². The molecule has 4 nitrogen and oxygen atoms in total. The van der Waals surface area contributed by atoms with Crippen LogP contribution in [-0.4, -0.2) is 23.9 Å². The molecule has 0 unspecified atom stereocenters. The van der Waals surface area contributed by atoms with E-state index in [1.807, 2.05) is 24.3 Å². The Morgan fingerprint density at radius 3 is 2.27 bits per heavy atom. The van der Waals surface area contributed by atoms with Crippen LogP contribution in [0.15, 0.2) is 53.5 Å². The van der Waals surface area contributed by atoms with Gasteiger partial charge in [-0.1, -0.05) is 51.2 Å². The Kier molecular flexibility index (Phi) is 8.40. The second kappa shape index (κ2) is 11.1. The van der Waals surface area contributed by atoms with Crippen LogP contribution in [0.5, 0.6) is 5.75 Å². The number of hydrogen-bond donors (Lipinski definition) is 1. The van der Waals surface area contributed by atoms with Gasteiger partial charge < -0.3 is 9.84 Å². The molecular weight excluding hydrogens is 326 g/mol. The van der Waals surface area contributed by atoms with E-state index in [9.17, 15) is 4.79 Å². The van der Waals surface area contributed by atoms with Crippen LogP contribution in [0.4, 0.5) is 5.69 Å². The minimum absolute atomic E-state index is 0.272. The van der Waals surface area contributed by atoms with Crippen molar-refractivity contribution in [2.45, 2.75) is 45.4 Å². The van der Waals surface area contributed by atoms with Crippen molar-refractivity contribution in [2.75, 3.05) is 6.61 Å². The van der Waals surface area contributed by atoms with Gasteiger partial charge in [-0.3, -0.25) is 4.99 Å². The molecule has 26 heavy (non-hydrogen) atoms. The molecule has 0 saturated carbocycles. The Balaban J connectivity index is 1.75. The molecule has 0 aliphatic carbocycles. The van der Waals surface area contributed by atoms with Gasteiger partial charge >= 0.3 is 5.97 Å². The van der Waals surface area contributed by atoms with E-state index in [2.05, 4.69) is 11.9 Å². The maximum atomic E-state index is 10.8. The SMILES string of the molecule is CCCCCCCCOc1ccc(N=Cc2ccc(C(=O)O)cc2)cc1. The first kappa shape index (κ1) is 19.7. The molecule has 4 heteroatoms. The Bertz CT molecular complexity index is 690. The largest absolute Gasteiger partial charge is 0.494 e. The molecule has 0 radical (unpaired) electrons. The number of carboxylic acid groups (broad SMARTS) is 1. The van der Waals surface area contributed by atoms with E-state index in [1.54, 1.807) is 30.5 Å². The van der Waals surface area contributed by atoms with E-state index in [-0.39, 0.29) is 5.56 Å². The highest BCUT2D eigenvalue weighted by Gasteiger charge is 2.00. The van der Waals surface area contributed by atoms with Crippen LogP contribution in [0.3, 0.4) is 0 Å². The second-order valence-electron chi connectivity index (χ2n) is 6.30. The summed E-state index contributed by atoms with van der Waals surface area (Å²) in [5, 5.41) is 8.89. The van der Waals surface area contributed by atoms with Gasteiger partial charge in [-0.25, -0.2) is 4.79 Å². The average Bonchev–Trinajstić information content (AvgIpc) is 2.67. The van der Waals surface area contributed by atoms with E-state index in [4.69, 9.17) is 9.84 Å². The van der Waals surface area contributed by atoms with E-state index in [0.717, 1.165) is 30.0 Å². The van der Waals surface area contributed by atoms with Gasteiger partial charge in [0.15, 0.2) is 0 Å². The summed E-state index contributed by atoms with van der Waals surface area (Å²) in [5.74, 6) is -0.0617. The third-order valence-corrected chi connectivity index (χ3v) is 4.12. The molecule has 0 aliphatic rings. The van der Waals surface area contributed by atoms with Crippen LogP contribution < -0.4 is 4.74 Å². The van der Waals surface area contributed by atoms with Crippen molar-refractivity contribution >= 4 is 17.9 Å². The van der Waals surface area contributed by atoms with Gasteiger partial charge in [0.25, 0.3) is 0 Å². The summed E-state index contributed by atoms with van der Waals surface area (Å²) < 4.78 is 5.76. The first-order valence-corrected chi connectivity index (χ1v) is 9.29. The third kappa shape index (κ3) is 7.09. The predicted octanol–water partition coefficient (Wildman–Crippen LogP) is 5.87. The lowest BCUT2D eigenvalue weighted by atomic mass is 10.1. The van der Waals surface area contributed by atoms with Crippen LogP contribution in [0.2, 0.25) is 0 Å². The van der Waals surface area contributed by atoms with Crippen LogP contribution >= 0.6 is 0 Å². The van der Waals surface area contributed by atoms with Gasteiger partial charge in [0.2, 0.25) is 0 Å². The van der Waals surface area contributed by atoms with Crippen molar-refractivity contribution in [3.63, 3.8) is 0 Å². The van der Waals surface area contributed by atoms with Crippen molar-refractivity contribution in [1.29, 1.82) is 0 Å². The molecule has 0 saturated heterocycles. The quantitative estimate of drug-likeness (QED) is 0.406. The molecule has 0 amide bonds. The summed E-state index contributed by atoms with van der Waals surface area (Å²) in [5.41, 5.74) is 1.96. The number of rotatable bonds is 11. The highest BCUT2D eigenvalue weighted by Crippen LogP contribution is 2.18. The predicted molar refractivity (Wildman–Crippen MR) is 106 cm³/mol. The summed E-state index contributed by atoms with van der Waals surface area (Å²) in [6.07, 6.45) is 9.25. The number of benzene rings is 2. The maximum absolute atomic E-state index is 10.8. The van der Waals surface area contributed by atoms with Gasteiger partial charge in [-0.15, -0.1) is 0 Å². The van der Waals surface area contributed by atoms with Crippen LogP contribution in [0, 0.1) is 0 Å². The minimum Gasteiger partial charge on any atom is -0.494 e. The van der Waals surface area contributed by atoms with Gasteiger partial charge in [0, 0.05) is 6.21 Å². The zero-order chi connectivity index (χ0) is 18.6. The minimum atomic E-state index is -0.926. The van der Waals surface area contributed by atoms with Gasteiger partial charge in [0.1, 0.15) is 5.75 Å². The zero-order valence-electron chi connectivity index (χ0n) is 15.4. The van der Waals surface area contributed by atoms with Crippen LogP contribution in [0.25, 0.3) is 0 Å². The number of aromatic carboxylic acids is 1. The number of carboxylic acids is 1. The number of unbranched alkanes of at least 4 members (excludes halogenated alkanes) is 5. The Labute approximate surface area is 155 Å². The summed E-state index contributed by atoms with van der Waals surface area (Å²) in [7, 11) is 0. The van der Waals surface area contributed by atoms with Gasteiger partial charge in [0.05, 0.1) is 17.9 Å². The van der Waals surface area contributed by atoms with Gasteiger partial charge in [-0.05, 0) is 48.4 Å². The normalized spacial score (nSPS) is 11.0. The molecule has 138 valence electrons. The lowest BCUT2D eigenvalue weighted by molar-refractivity contribution is 0.0697. The van der Waals surface area contributed by atoms with Crippen molar-refractivity contribution in [3.8, 4) is 5.75 Å². The Morgan fingerprint density at radius 2 is 1.62 bits per heavy atom. The maximum Gasteiger partial charge on any atom is 0.335 e. The summed E-state index contributed by atoms with van der Waals surface area (Å²) in [4.78, 5) is 15.2. The Morgan fingerprint density at radius 1 is 0.962 bits per heavy atom. The number of ether oxygens (including phenoxy) is 1. The second-order valence-corrected chi connectivity index (χ2v) is 6.30. The number of hydrogen-bond acceptors (Lipinski definition) is 3. The van der Waals surface area contributed by atoms with E-state index < -0.39 is 5.97 Å². The zero-order valence-corrected chi connectivity index (χ0v) is 15.4. The van der Waals surface area contributed by atoms with Crippen molar-refractivity contribution in [2.24, 2.45) is 4.99 Å². The lowest BCUT2D eigenvalue weighted by Crippen LogP contribution is -1.97. The molecule has 0 atom stereocenters. The summed E-state index contributed by atoms with van der Waals surface area (Å²) in [6.45, 7) is 2.98. The third-order valence-electron chi connectivity index (χ3n) is 4.12. The standard InChI is InChI=1S/C22H27NO3/c1-2-3-4-5-6-7-16-26-21-14-12-20(13-15-21)23-17-18-8-10-19(11-9-18)22(24)25/h8-15,17H,2-7,16H2,1H3,(H,24,25). The fourth-order valence-electron chi connectivity index (χ4n) is 2.56.